The van der Waals surface area contributed by atoms with Crippen molar-refractivity contribution < 1.29 is 32.7 Å². The maximum atomic E-state index is 12.7. The third-order valence-corrected chi connectivity index (χ3v) is 5.87. The Hall–Kier alpha value is -0.910. The maximum absolute atomic E-state index is 12.7. The largest absolute Gasteiger partial charge is 0.457 e. The molecule has 7 nitrogen and oxygen atoms in total. The summed E-state index contributed by atoms with van der Waals surface area (Å²) >= 11 is 0. The normalized spacial score (nSPS) is 16.0. The summed E-state index contributed by atoms with van der Waals surface area (Å²) in [5.41, 5.74) is -1.84. The van der Waals surface area contributed by atoms with Gasteiger partial charge in [-0.3, -0.25) is 9.36 Å². The zero-order valence-electron chi connectivity index (χ0n) is 16.7. The summed E-state index contributed by atoms with van der Waals surface area (Å²) in [5, 5.41) is 0. The van der Waals surface area contributed by atoms with Crippen molar-refractivity contribution >= 4 is 19.5 Å². The molecule has 0 aliphatic rings. The first-order valence-corrected chi connectivity index (χ1v) is 10.3. The van der Waals surface area contributed by atoms with Crippen molar-refractivity contribution in [1.82, 2.24) is 0 Å². The third kappa shape index (κ3) is 7.89. The van der Waals surface area contributed by atoms with Crippen LogP contribution in [0.5, 0.6) is 0 Å². The zero-order chi connectivity index (χ0) is 19.8. The summed E-state index contributed by atoms with van der Waals surface area (Å²) in [4.78, 5) is 24.9. The molecular weight excluding hydrogens is 347 g/mol. The number of carbonyl (C=O) groups excluding carboxylic acids is 2. The molecule has 0 heterocycles. The lowest BCUT2D eigenvalue weighted by Crippen LogP contribution is -2.40. The molecule has 0 rings (SSSR count). The highest BCUT2D eigenvalue weighted by molar-refractivity contribution is 7.55. The molecule has 0 aromatic heterocycles. The van der Waals surface area contributed by atoms with Gasteiger partial charge in [0.2, 0.25) is 6.10 Å². The fraction of sp³-hybridized carbons (Fsp3) is 0.882. The van der Waals surface area contributed by atoms with Crippen molar-refractivity contribution in [3.05, 3.63) is 0 Å². The first-order chi connectivity index (χ1) is 11.4. The molecular formula is C17H33O7P. The van der Waals surface area contributed by atoms with Gasteiger partial charge >= 0.3 is 19.5 Å². The maximum Gasteiger partial charge on any atom is 0.348 e. The van der Waals surface area contributed by atoms with Gasteiger partial charge in [0.25, 0.3) is 0 Å². The summed E-state index contributed by atoms with van der Waals surface area (Å²) in [5.74, 6) is -1.67. The minimum Gasteiger partial charge on any atom is -0.457 e. The monoisotopic (exact) mass is 380 g/mol. The highest BCUT2D eigenvalue weighted by atomic mass is 31.2. The number of rotatable bonds is 10. The van der Waals surface area contributed by atoms with E-state index in [1.807, 2.05) is 6.92 Å². The molecule has 25 heavy (non-hydrogen) atoms. The SMILES string of the molecule is CCOP(=O)(OCC)C(C)C(=O)O[C@@H](C(=O)OC(C)(C)C)[C@@H](C)CC. The Kier molecular flexibility index (Phi) is 9.92. The molecule has 3 atom stereocenters. The van der Waals surface area contributed by atoms with Crippen molar-refractivity contribution in [2.24, 2.45) is 5.92 Å². The standard InChI is InChI=1S/C17H33O7P/c1-9-12(4)14(16(19)24-17(6,7)8)23-15(18)13(5)25(20,21-10-2)22-11-3/h12-14H,9-11H2,1-8H3/t12-,13?,14+/m0/s1. The molecule has 8 heteroatoms. The molecule has 0 aromatic carbocycles. The topological polar surface area (TPSA) is 88.1 Å². The van der Waals surface area contributed by atoms with Crippen molar-refractivity contribution in [3.63, 3.8) is 0 Å². The first kappa shape index (κ1) is 24.1. The summed E-state index contributed by atoms with van der Waals surface area (Å²) < 4.78 is 33.8. The molecule has 0 saturated carbocycles. The van der Waals surface area contributed by atoms with E-state index in [1.165, 1.54) is 6.92 Å². The van der Waals surface area contributed by atoms with Crippen LogP contribution in [0.15, 0.2) is 0 Å². The molecule has 0 aliphatic heterocycles. The lowest BCUT2D eigenvalue weighted by molar-refractivity contribution is -0.179. The van der Waals surface area contributed by atoms with E-state index in [0.29, 0.717) is 6.42 Å². The van der Waals surface area contributed by atoms with Crippen LogP contribution in [0.4, 0.5) is 0 Å². The van der Waals surface area contributed by atoms with Crippen LogP contribution in [0.3, 0.4) is 0 Å². The predicted molar refractivity (Wildman–Crippen MR) is 95.5 cm³/mol. The molecule has 0 N–H and O–H groups in total. The quantitative estimate of drug-likeness (QED) is 0.419. The lowest BCUT2D eigenvalue weighted by atomic mass is 10.0. The van der Waals surface area contributed by atoms with E-state index < -0.39 is 36.9 Å². The number of carbonyl (C=O) groups is 2. The average molecular weight is 380 g/mol. The highest BCUT2D eigenvalue weighted by Gasteiger charge is 2.41. The third-order valence-electron chi connectivity index (χ3n) is 3.48. The Bertz CT molecular complexity index is 474. The lowest BCUT2D eigenvalue weighted by Gasteiger charge is -2.28. The van der Waals surface area contributed by atoms with Crippen LogP contribution in [0, 0.1) is 5.92 Å². The Balaban J connectivity index is 5.31. The number of hydrogen-bond donors (Lipinski definition) is 0. The van der Waals surface area contributed by atoms with Gasteiger partial charge in [0, 0.05) is 5.92 Å². The highest BCUT2D eigenvalue weighted by Crippen LogP contribution is 2.53. The van der Waals surface area contributed by atoms with Crippen molar-refractivity contribution in [2.45, 2.75) is 79.2 Å². The van der Waals surface area contributed by atoms with Crippen LogP contribution in [0.1, 0.15) is 61.8 Å². The number of hydrogen-bond acceptors (Lipinski definition) is 7. The van der Waals surface area contributed by atoms with Gasteiger partial charge in [-0.05, 0) is 48.0 Å². The van der Waals surface area contributed by atoms with Crippen molar-refractivity contribution in [1.29, 1.82) is 0 Å². The minimum atomic E-state index is -3.66. The van der Waals surface area contributed by atoms with Gasteiger partial charge in [-0.2, -0.15) is 0 Å². The van der Waals surface area contributed by atoms with Crippen LogP contribution < -0.4 is 0 Å². The molecule has 1 unspecified atom stereocenters. The fourth-order valence-electron chi connectivity index (χ4n) is 1.94. The molecule has 0 bridgehead atoms. The van der Waals surface area contributed by atoms with E-state index in [1.54, 1.807) is 41.5 Å². The second kappa shape index (κ2) is 10.3. The van der Waals surface area contributed by atoms with Crippen LogP contribution in [-0.2, 0) is 32.7 Å². The van der Waals surface area contributed by atoms with E-state index in [-0.39, 0.29) is 19.1 Å². The van der Waals surface area contributed by atoms with Gasteiger partial charge in [-0.1, -0.05) is 13.8 Å². The Labute approximate surface area is 151 Å². The van der Waals surface area contributed by atoms with E-state index >= 15 is 0 Å². The molecule has 0 fully saturated rings. The van der Waals surface area contributed by atoms with Crippen molar-refractivity contribution in [2.75, 3.05) is 13.2 Å². The molecule has 148 valence electrons. The first-order valence-electron chi connectivity index (χ1n) is 8.73. The van der Waals surface area contributed by atoms with Crippen LogP contribution in [-0.4, -0.2) is 42.5 Å². The van der Waals surface area contributed by atoms with Crippen LogP contribution >= 0.6 is 7.60 Å². The van der Waals surface area contributed by atoms with E-state index in [2.05, 4.69) is 0 Å². The molecule has 0 spiro atoms. The molecule has 0 aromatic rings. The second-order valence-electron chi connectivity index (χ2n) is 6.83. The van der Waals surface area contributed by atoms with Gasteiger partial charge in [0.05, 0.1) is 13.2 Å². The molecule has 0 aliphatic carbocycles. The van der Waals surface area contributed by atoms with Gasteiger partial charge < -0.3 is 18.5 Å². The minimum absolute atomic E-state index is 0.135. The van der Waals surface area contributed by atoms with Gasteiger partial charge in [0.1, 0.15) is 5.60 Å². The van der Waals surface area contributed by atoms with Crippen molar-refractivity contribution in [3.8, 4) is 0 Å². The number of esters is 2. The summed E-state index contributed by atoms with van der Waals surface area (Å²) in [6.07, 6.45) is -0.462. The smallest absolute Gasteiger partial charge is 0.348 e. The summed E-state index contributed by atoms with van der Waals surface area (Å²) in [6, 6.07) is 0. The van der Waals surface area contributed by atoms with E-state index in [0.717, 1.165) is 0 Å². The van der Waals surface area contributed by atoms with Gasteiger partial charge in [-0.15, -0.1) is 0 Å². The van der Waals surface area contributed by atoms with Crippen LogP contribution in [0.25, 0.3) is 0 Å². The average Bonchev–Trinajstić information content (AvgIpc) is 2.49. The van der Waals surface area contributed by atoms with E-state index in [9.17, 15) is 14.2 Å². The Morgan fingerprint density at radius 3 is 1.80 bits per heavy atom. The predicted octanol–water partition coefficient (Wildman–Crippen LogP) is 3.94. The van der Waals surface area contributed by atoms with Crippen LogP contribution in [0.2, 0.25) is 0 Å². The van der Waals surface area contributed by atoms with E-state index in [4.69, 9.17) is 18.5 Å². The number of ether oxygens (including phenoxy) is 2. The fourth-order valence-corrected chi connectivity index (χ4v) is 3.50. The van der Waals surface area contributed by atoms with Gasteiger partial charge in [0.15, 0.2) is 5.66 Å². The molecule has 0 amide bonds. The summed E-state index contributed by atoms with van der Waals surface area (Å²) in [6.45, 7) is 13.9. The zero-order valence-corrected chi connectivity index (χ0v) is 17.6. The molecule has 0 saturated heterocycles. The Morgan fingerprint density at radius 2 is 1.44 bits per heavy atom. The van der Waals surface area contributed by atoms with Gasteiger partial charge in [-0.25, -0.2) is 4.79 Å². The Morgan fingerprint density at radius 1 is 0.960 bits per heavy atom. The second-order valence-corrected chi connectivity index (χ2v) is 9.20. The summed E-state index contributed by atoms with van der Waals surface area (Å²) in [7, 11) is -3.66. The molecule has 0 radical (unpaired) electrons.